The zero-order valence-electron chi connectivity index (χ0n) is 18.1. The number of nitriles is 1. The Labute approximate surface area is 215 Å². The summed E-state index contributed by atoms with van der Waals surface area (Å²) in [6.07, 6.45) is 1.55. The van der Waals surface area contributed by atoms with Crippen LogP contribution in [0.3, 0.4) is 0 Å². The van der Waals surface area contributed by atoms with E-state index in [0.717, 1.165) is 19.2 Å². The van der Waals surface area contributed by atoms with Crippen molar-refractivity contribution in [3.8, 4) is 17.6 Å². The molecule has 0 aromatic heterocycles. The largest absolute Gasteiger partial charge is 0.493 e. The molecule has 7 heteroatoms. The third-order valence-electron chi connectivity index (χ3n) is 4.87. The van der Waals surface area contributed by atoms with Crippen LogP contribution in [-0.4, -0.2) is 13.0 Å². The fourth-order valence-electron chi connectivity index (χ4n) is 3.11. The van der Waals surface area contributed by atoms with Gasteiger partial charge in [0.25, 0.3) is 5.91 Å². The third-order valence-corrected chi connectivity index (χ3v) is 6.20. The second-order valence-electron chi connectivity index (χ2n) is 7.22. The Morgan fingerprint density at radius 2 is 1.88 bits per heavy atom. The number of nitrogens with one attached hydrogen (secondary N) is 1. The van der Waals surface area contributed by atoms with Crippen molar-refractivity contribution in [1.29, 1.82) is 5.26 Å². The van der Waals surface area contributed by atoms with Gasteiger partial charge in [-0.05, 0) is 76.5 Å². The minimum absolute atomic E-state index is 0.0131. The summed E-state index contributed by atoms with van der Waals surface area (Å²) >= 11 is 5.59. The van der Waals surface area contributed by atoms with E-state index in [2.05, 4.69) is 43.8 Å². The number of ether oxygens (including phenoxy) is 2. The van der Waals surface area contributed by atoms with E-state index in [4.69, 9.17) is 9.47 Å². The number of carbonyl (C=O) groups is 1. The fourth-order valence-corrected chi connectivity index (χ4v) is 4.16. The predicted molar refractivity (Wildman–Crippen MR) is 141 cm³/mol. The molecule has 3 aromatic rings. The SMILES string of the molecule is COc1cc(/C=C(\C#N)C(=O)N[C@@H](C)c2ccccc2)cc(I)c1OCc1ccc(Br)cc1. The van der Waals surface area contributed by atoms with E-state index in [-0.39, 0.29) is 11.6 Å². The first-order valence-corrected chi connectivity index (χ1v) is 12.0. The zero-order chi connectivity index (χ0) is 23.8. The number of carbonyl (C=O) groups excluding carboxylic acids is 1. The van der Waals surface area contributed by atoms with E-state index in [9.17, 15) is 10.1 Å². The summed E-state index contributed by atoms with van der Waals surface area (Å²) in [5.41, 5.74) is 2.67. The van der Waals surface area contributed by atoms with Crippen LogP contribution in [0.1, 0.15) is 29.7 Å². The summed E-state index contributed by atoms with van der Waals surface area (Å²) in [7, 11) is 1.56. The van der Waals surface area contributed by atoms with Crippen molar-refractivity contribution in [2.24, 2.45) is 0 Å². The Kier molecular flexibility index (Phi) is 8.92. The van der Waals surface area contributed by atoms with E-state index in [1.165, 1.54) is 0 Å². The van der Waals surface area contributed by atoms with Gasteiger partial charge in [-0.15, -0.1) is 0 Å². The molecule has 0 fully saturated rings. The minimum atomic E-state index is -0.432. The molecule has 0 aliphatic carbocycles. The van der Waals surface area contributed by atoms with Crippen molar-refractivity contribution in [1.82, 2.24) is 5.32 Å². The van der Waals surface area contributed by atoms with Crippen LogP contribution in [0.15, 0.2) is 76.8 Å². The molecule has 1 N–H and O–H groups in total. The van der Waals surface area contributed by atoms with E-state index >= 15 is 0 Å². The molecule has 0 radical (unpaired) electrons. The van der Waals surface area contributed by atoms with Crippen molar-refractivity contribution >= 4 is 50.5 Å². The molecule has 0 spiro atoms. The molecule has 0 aliphatic rings. The number of benzene rings is 3. The monoisotopic (exact) mass is 616 g/mol. The lowest BCUT2D eigenvalue weighted by Crippen LogP contribution is -2.27. The van der Waals surface area contributed by atoms with Gasteiger partial charge in [-0.25, -0.2) is 0 Å². The molecule has 0 saturated heterocycles. The summed E-state index contributed by atoms with van der Waals surface area (Å²) < 4.78 is 13.3. The molecule has 0 bridgehead atoms. The standard InChI is InChI=1S/C26H22BrIN2O3/c1-17(20-6-4-3-5-7-20)30-26(31)21(15-29)12-19-13-23(28)25(24(14-19)32-2)33-16-18-8-10-22(27)11-9-18/h3-14,17H,16H2,1-2H3,(H,30,31)/b21-12+/t17-/m0/s1. The zero-order valence-corrected chi connectivity index (χ0v) is 21.9. The van der Waals surface area contributed by atoms with Crippen molar-refractivity contribution in [2.45, 2.75) is 19.6 Å². The van der Waals surface area contributed by atoms with Gasteiger partial charge in [0.15, 0.2) is 11.5 Å². The van der Waals surface area contributed by atoms with Crippen LogP contribution in [0.25, 0.3) is 6.08 Å². The number of rotatable bonds is 8. The summed E-state index contributed by atoms with van der Waals surface area (Å²) in [6, 6.07) is 22.9. The Bertz CT molecular complexity index is 1190. The van der Waals surface area contributed by atoms with Gasteiger partial charge in [0.1, 0.15) is 18.2 Å². The molecule has 1 atom stereocenters. The lowest BCUT2D eigenvalue weighted by Gasteiger charge is -2.15. The highest BCUT2D eigenvalue weighted by Crippen LogP contribution is 2.35. The van der Waals surface area contributed by atoms with Crippen molar-refractivity contribution in [3.63, 3.8) is 0 Å². The van der Waals surface area contributed by atoms with Crippen LogP contribution in [0, 0.1) is 14.9 Å². The predicted octanol–water partition coefficient (Wildman–Crippen LogP) is 6.43. The minimum Gasteiger partial charge on any atom is -0.493 e. The van der Waals surface area contributed by atoms with E-state index in [0.29, 0.717) is 23.7 Å². The first-order valence-electron chi connectivity index (χ1n) is 10.1. The Morgan fingerprint density at radius 3 is 2.52 bits per heavy atom. The van der Waals surface area contributed by atoms with Crippen molar-refractivity contribution in [2.75, 3.05) is 7.11 Å². The van der Waals surface area contributed by atoms with Gasteiger partial charge in [-0.1, -0.05) is 58.4 Å². The van der Waals surface area contributed by atoms with Gasteiger partial charge < -0.3 is 14.8 Å². The number of amides is 1. The highest BCUT2D eigenvalue weighted by molar-refractivity contribution is 14.1. The number of hydrogen-bond donors (Lipinski definition) is 1. The van der Waals surface area contributed by atoms with Gasteiger partial charge >= 0.3 is 0 Å². The molecule has 5 nitrogen and oxygen atoms in total. The van der Waals surface area contributed by atoms with Gasteiger partial charge in [0.2, 0.25) is 0 Å². The number of methoxy groups -OCH3 is 1. The lowest BCUT2D eigenvalue weighted by atomic mass is 10.1. The van der Waals surface area contributed by atoms with Crippen molar-refractivity contribution < 1.29 is 14.3 Å². The lowest BCUT2D eigenvalue weighted by molar-refractivity contribution is -0.117. The normalized spacial score (nSPS) is 11.9. The van der Waals surface area contributed by atoms with Gasteiger partial charge in [0.05, 0.1) is 16.7 Å². The summed E-state index contributed by atoms with van der Waals surface area (Å²) in [4.78, 5) is 12.7. The van der Waals surface area contributed by atoms with Crippen LogP contribution < -0.4 is 14.8 Å². The van der Waals surface area contributed by atoms with E-state index in [1.54, 1.807) is 19.3 Å². The molecule has 0 aliphatic heterocycles. The highest BCUT2D eigenvalue weighted by atomic mass is 127. The second kappa shape index (κ2) is 11.9. The molecule has 168 valence electrons. The van der Waals surface area contributed by atoms with Gasteiger partial charge in [-0.3, -0.25) is 4.79 Å². The molecule has 3 rings (SSSR count). The summed E-state index contributed by atoms with van der Waals surface area (Å²) in [5, 5.41) is 12.5. The summed E-state index contributed by atoms with van der Waals surface area (Å²) in [6.45, 7) is 2.27. The maximum absolute atomic E-state index is 12.7. The number of hydrogen-bond acceptors (Lipinski definition) is 4. The average molecular weight is 617 g/mol. The Morgan fingerprint density at radius 1 is 1.18 bits per heavy atom. The first kappa shape index (κ1) is 24.8. The van der Waals surface area contributed by atoms with E-state index in [1.807, 2.05) is 73.7 Å². The molecule has 33 heavy (non-hydrogen) atoms. The smallest absolute Gasteiger partial charge is 0.262 e. The van der Waals surface area contributed by atoms with E-state index < -0.39 is 5.91 Å². The van der Waals surface area contributed by atoms with Gasteiger partial charge in [-0.2, -0.15) is 5.26 Å². The first-order chi connectivity index (χ1) is 15.9. The molecule has 1 amide bonds. The Hall–Kier alpha value is -2.83. The molecule has 0 unspecified atom stereocenters. The fraction of sp³-hybridized carbons (Fsp3) is 0.154. The average Bonchev–Trinajstić information content (AvgIpc) is 2.83. The van der Waals surface area contributed by atoms with Crippen LogP contribution in [0.4, 0.5) is 0 Å². The van der Waals surface area contributed by atoms with Crippen LogP contribution in [0.5, 0.6) is 11.5 Å². The van der Waals surface area contributed by atoms with Crippen molar-refractivity contribution in [3.05, 3.63) is 97.0 Å². The topological polar surface area (TPSA) is 71.3 Å². The Balaban J connectivity index is 1.78. The molecule has 0 saturated carbocycles. The number of halogens is 2. The highest BCUT2D eigenvalue weighted by Gasteiger charge is 2.16. The van der Waals surface area contributed by atoms with Crippen LogP contribution in [-0.2, 0) is 11.4 Å². The molecule has 0 heterocycles. The quantitative estimate of drug-likeness (QED) is 0.180. The molecular formula is C26H22BrIN2O3. The summed E-state index contributed by atoms with van der Waals surface area (Å²) in [5.74, 6) is 0.706. The number of nitrogens with zero attached hydrogens (tertiary/aromatic N) is 1. The van der Waals surface area contributed by atoms with Crippen LogP contribution in [0.2, 0.25) is 0 Å². The molecular weight excluding hydrogens is 595 g/mol. The third kappa shape index (κ3) is 6.83. The maximum atomic E-state index is 12.7. The maximum Gasteiger partial charge on any atom is 0.262 e. The molecule has 3 aromatic carbocycles. The van der Waals surface area contributed by atoms with Gasteiger partial charge in [0, 0.05) is 4.47 Å². The van der Waals surface area contributed by atoms with Crippen LogP contribution >= 0.6 is 38.5 Å². The second-order valence-corrected chi connectivity index (χ2v) is 9.30.